The number of hydrogen-bond acceptors (Lipinski definition) is 2. The van der Waals surface area contributed by atoms with Gasteiger partial charge in [-0.3, -0.25) is 4.79 Å². The molecule has 2 rings (SSSR count). The van der Waals surface area contributed by atoms with Crippen molar-refractivity contribution in [3.8, 4) is 5.75 Å². The lowest BCUT2D eigenvalue weighted by molar-refractivity contribution is 0.0928. The van der Waals surface area contributed by atoms with Crippen molar-refractivity contribution in [1.29, 1.82) is 0 Å². The van der Waals surface area contributed by atoms with Gasteiger partial charge in [0.1, 0.15) is 17.7 Å². The van der Waals surface area contributed by atoms with Crippen LogP contribution in [0.2, 0.25) is 5.02 Å². The van der Waals surface area contributed by atoms with E-state index in [-0.39, 0.29) is 18.2 Å². The fraction of sp³-hybridized carbons (Fsp3) is 0.188. The van der Waals surface area contributed by atoms with Gasteiger partial charge in [-0.25, -0.2) is 4.39 Å². The van der Waals surface area contributed by atoms with Crippen LogP contribution in [-0.4, -0.2) is 18.6 Å². The Bertz CT molecular complexity index is 616. The molecule has 0 aromatic heterocycles. The first-order valence-corrected chi connectivity index (χ1v) is 6.89. The summed E-state index contributed by atoms with van der Waals surface area (Å²) in [7, 11) is 0. The Morgan fingerprint density at radius 2 is 1.90 bits per heavy atom. The van der Waals surface area contributed by atoms with Gasteiger partial charge in [0.05, 0.1) is 12.1 Å². The molecule has 0 saturated heterocycles. The van der Waals surface area contributed by atoms with E-state index in [0.29, 0.717) is 10.8 Å². The lowest BCUT2D eigenvalue weighted by Gasteiger charge is -2.15. The molecule has 0 saturated carbocycles. The quantitative estimate of drug-likeness (QED) is 0.915. The molecule has 21 heavy (non-hydrogen) atoms. The Kier molecular flexibility index (Phi) is 5.17. The number of amides is 1. The maximum Gasteiger partial charge on any atom is 0.254 e. The van der Waals surface area contributed by atoms with E-state index >= 15 is 0 Å². The minimum absolute atomic E-state index is 0.0243. The molecular weight excluding hydrogens is 293 g/mol. The number of ether oxygens (including phenoxy) is 1. The van der Waals surface area contributed by atoms with Crippen LogP contribution in [0.3, 0.4) is 0 Å². The number of nitrogens with one attached hydrogen (secondary N) is 1. The third kappa shape index (κ3) is 4.46. The molecule has 1 N–H and O–H groups in total. The summed E-state index contributed by atoms with van der Waals surface area (Å²) < 4.78 is 19.1. The zero-order valence-electron chi connectivity index (χ0n) is 11.5. The molecule has 0 fully saturated rings. The number of benzene rings is 2. The van der Waals surface area contributed by atoms with Crippen LogP contribution >= 0.6 is 11.6 Å². The number of carbonyl (C=O) groups is 1. The van der Waals surface area contributed by atoms with Crippen molar-refractivity contribution in [2.45, 2.75) is 13.0 Å². The Balaban J connectivity index is 1.86. The second-order valence-corrected chi connectivity index (χ2v) is 5.01. The van der Waals surface area contributed by atoms with Crippen LogP contribution in [0.5, 0.6) is 5.75 Å². The topological polar surface area (TPSA) is 38.3 Å². The molecule has 2 aromatic rings. The largest absolute Gasteiger partial charge is 0.489 e. The summed E-state index contributed by atoms with van der Waals surface area (Å²) in [6.07, 6.45) is -0.248. The summed E-state index contributed by atoms with van der Waals surface area (Å²) in [5, 5.41) is 3.27. The summed E-state index contributed by atoms with van der Waals surface area (Å²) >= 11 is 5.79. The van der Waals surface area contributed by atoms with Crippen molar-refractivity contribution >= 4 is 17.5 Å². The fourth-order valence-electron chi connectivity index (χ4n) is 1.76. The lowest BCUT2D eigenvalue weighted by Crippen LogP contribution is -2.34. The number of hydrogen-bond donors (Lipinski definition) is 1. The molecule has 0 unspecified atom stereocenters. The zero-order valence-corrected chi connectivity index (χ0v) is 12.2. The van der Waals surface area contributed by atoms with Gasteiger partial charge in [0.25, 0.3) is 5.91 Å². The number of rotatable bonds is 5. The average molecular weight is 308 g/mol. The van der Waals surface area contributed by atoms with Gasteiger partial charge in [0.15, 0.2) is 0 Å². The van der Waals surface area contributed by atoms with Crippen molar-refractivity contribution in [2.24, 2.45) is 0 Å². The summed E-state index contributed by atoms with van der Waals surface area (Å²) in [6.45, 7) is 2.09. The van der Waals surface area contributed by atoms with Gasteiger partial charge in [-0.15, -0.1) is 0 Å². The SMILES string of the molecule is C[C@H](CNC(=O)c1ccccc1F)Oc1ccc(Cl)cc1. The third-order valence-corrected chi connectivity index (χ3v) is 3.07. The summed E-state index contributed by atoms with van der Waals surface area (Å²) in [4.78, 5) is 11.8. The molecule has 110 valence electrons. The van der Waals surface area contributed by atoms with E-state index in [9.17, 15) is 9.18 Å². The number of carbonyl (C=O) groups excluding carboxylic acids is 1. The molecule has 2 aromatic carbocycles. The van der Waals surface area contributed by atoms with E-state index in [1.807, 2.05) is 6.92 Å². The molecule has 0 radical (unpaired) electrons. The fourth-order valence-corrected chi connectivity index (χ4v) is 1.89. The smallest absolute Gasteiger partial charge is 0.254 e. The molecule has 1 amide bonds. The molecule has 0 aliphatic carbocycles. The zero-order chi connectivity index (χ0) is 15.2. The second-order valence-electron chi connectivity index (χ2n) is 4.57. The summed E-state index contributed by atoms with van der Waals surface area (Å²) in [5.41, 5.74) is 0.0243. The molecule has 0 aliphatic rings. The van der Waals surface area contributed by atoms with Gasteiger partial charge in [0.2, 0.25) is 0 Å². The highest BCUT2D eigenvalue weighted by Gasteiger charge is 2.12. The first kappa shape index (κ1) is 15.3. The highest BCUT2D eigenvalue weighted by atomic mass is 35.5. The predicted molar refractivity (Wildman–Crippen MR) is 80.3 cm³/mol. The van der Waals surface area contributed by atoms with Crippen LogP contribution in [0.25, 0.3) is 0 Å². The second kappa shape index (κ2) is 7.09. The molecule has 0 heterocycles. The van der Waals surface area contributed by atoms with Crippen molar-refractivity contribution in [3.63, 3.8) is 0 Å². The Morgan fingerprint density at radius 1 is 1.24 bits per heavy atom. The maximum absolute atomic E-state index is 13.4. The monoisotopic (exact) mass is 307 g/mol. The van der Waals surface area contributed by atoms with Crippen LogP contribution in [0.4, 0.5) is 4.39 Å². The normalized spacial score (nSPS) is 11.8. The van der Waals surface area contributed by atoms with Gasteiger partial charge in [-0.2, -0.15) is 0 Å². The highest BCUT2D eigenvalue weighted by Crippen LogP contribution is 2.16. The van der Waals surface area contributed by atoms with Crippen molar-refractivity contribution in [2.75, 3.05) is 6.54 Å². The van der Waals surface area contributed by atoms with Crippen molar-refractivity contribution in [1.82, 2.24) is 5.32 Å². The summed E-state index contributed by atoms with van der Waals surface area (Å²) in [5.74, 6) is -0.340. The van der Waals surface area contributed by atoms with Gasteiger partial charge in [-0.05, 0) is 43.3 Å². The van der Waals surface area contributed by atoms with Crippen LogP contribution in [0, 0.1) is 5.82 Å². The molecule has 5 heteroatoms. The van der Waals surface area contributed by atoms with E-state index < -0.39 is 11.7 Å². The molecular formula is C16H15ClFNO2. The molecule has 1 atom stereocenters. The van der Waals surface area contributed by atoms with Gasteiger partial charge in [0, 0.05) is 5.02 Å². The third-order valence-electron chi connectivity index (χ3n) is 2.82. The van der Waals surface area contributed by atoms with Crippen LogP contribution < -0.4 is 10.1 Å². The van der Waals surface area contributed by atoms with E-state index in [1.54, 1.807) is 36.4 Å². The highest BCUT2D eigenvalue weighted by molar-refractivity contribution is 6.30. The first-order chi connectivity index (χ1) is 10.1. The Morgan fingerprint density at radius 3 is 2.57 bits per heavy atom. The van der Waals surface area contributed by atoms with Gasteiger partial charge in [-0.1, -0.05) is 23.7 Å². The molecule has 0 bridgehead atoms. The Labute approximate surface area is 127 Å². The first-order valence-electron chi connectivity index (χ1n) is 6.51. The lowest BCUT2D eigenvalue weighted by atomic mass is 10.2. The molecule has 0 aliphatic heterocycles. The minimum Gasteiger partial charge on any atom is -0.489 e. The van der Waals surface area contributed by atoms with Crippen molar-refractivity contribution < 1.29 is 13.9 Å². The Hall–Kier alpha value is -2.07. The van der Waals surface area contributed by atoms with Crippen LogP contribution in [-0.2, 0) is 0 Å². The number of halogens is 2. The van der Waals surface area contributed by atoms with E-state index in [2.05, 4.69) is 5.32 Å². The van der Waals surface area contributed by atoms with E-state index in [4.69, 9.17) is 16.3 Å². The van der Waals surface area contributed by atoms with Gasteiger partial charge >= 0.3 is 0 Å². The average Bonchev–Trinajstić information content (AvgIpc) is 2.48. The molecule has 0 spiro atoms. The van der Waals surface area contributed by atoms with E-state index in [0.717, 1.165) is 0 Å². The van der Waals surface area contributed by atoms with Crippen molar-refractivity contribution in [3.05, 3.63) is 64.9 Å². The minimum atomic E-state index is -0.540. The van der Waals surface area contributed by atoms with Gasteiger partial charge < -0.3 is 10.1 Å². The standard InChI is InChI=1S/C16H15ClFNO2/c1-11(21-13-8-6-12(17)7-9-13)10-19-16(20)14-4-2-3-5-15(14)18/h2-9,11H,10H2,1H3,(H,19,20)/t11-/m1/s1. The molecule has 3 nitrogen and oxygen atoms in total. The summed E-state index contributed by atoms with van der Waals surface area (Å²) in [6, 6.07) is 12.8. The van der Waals surface area contributed by atoms with E-state index in [1.165, 1.54) is 12.1 Å². The maximum atomic E-state index is 13.4. The predicted octanol–water partition coefficient (Wildman–Crippen LogP) is 3.68. The van der Waals surface area contributed by atoms with Crippen LogP contribution in [0.15, 0.2) is 48.5 Å². The van der Waals surface area contributed by atoms with Crippen LogP contribution in [0.1, 0.15) is 17.3 Å².